The molecule has 166 valence electrons. The van der Waals surface area contributed by atoms with Crippen molar-refractivity contribution in [1.29, 1.82) is 0 Å². The van der Waals surface area contributed by atoms with Crippen LogP contribution in [-0.2, 0) is 6.54 Å². The molecule has 2 aromatic heterocycles. The minimum atomic E-state index is -0.0345. The first-order valence-electron chi connectivity index (χ1n) is 11.4. The molecule has 2 aromatic rings. The molecule has 2 saturated carbocycles. The Morgan fingerprint density at radius 1 is 1.16 bits per heavy atom. The van der Waals surface area contributed by atoms with Crippen LogP contribution in [0, 0.1) is 11.3 Å². The summed E-state index contributed by atoms with van der Waals surface area (Å²) in [5.41, 5.74) is 0.560. The van der Waals surface area contributed by atoms with Gasteiger partial charge in [-0.3, -0.25) is 4.79 Å². The van der Waals surface area contributed by atoms with Gasteiger partial charge in [0.25, 0.3) is 5.91 Å². The largest absolute Gasteiger partial charge is 0.481 e. The van der Waals surface area contributed by atoms with E-state index >= 15 is 0 Å². The number of carbonyl (C=O) groups is 1. The number of hydrogen-bond donors (Lipinski definition) is 0. The number of hydrogen-bond acceptors (Lipinski definition) is 6. The van der Waals surface area contributed by atoms with E-state index in [0.29, 0.717) is 23.9 Å². The van der Waals surface area contributed by atoms with Crippen molar-refractivity contribution in [2.75, 3.05) is 27.3 Å². The van der Waals surface area contributed by atoms with Crippen molar-refractivity contribution in [1.82, 2.24) is 24.6 Å². The predicted molar refractivity (Wildman–Crippen MR) is 114 cm³/mol. The number of methoxy groups -OCH3 is 2. The average molecular weight is 426 g/mol. The van der Waals surface area contributed by atoms with Gasteiger partial charge in [-0.25, -0.2) is 0 Å². The second-order valence-corrected chi connectivity index (χ2v) is 9.36. The smallest absolute Gasteiger partial charge is 0.259 e. The lowest BCUT2D eigenvalue weighted by Gasteiger charge is -2.37. The maximum absolute atomic E-state index is 13.6. The van der Waals surface area contributed by atoms with Crippen LogP contribution in [0.3, 0.4) is 0 Å². The van der Waals surface area contributed by atoms with Crippen molar-refractivity contribution in [2.24, 2.45) is 11.3 Å². The molecule has 0 radical (unpaired) electrons. The van der Waals surface area contributed by atoms with Gasteiger partial charge in [0.15, 0.2) is 0 Å². The highest BCUT2D eigenvalue weighted by atomic mass is 16.5. The first kappa shape index (κ1) is 20.3. The van der Waals surface area contributed by atoms with Gasteiger partial charge in [-0.15, -0.1) is 10.2 Å². The molecule has 2 aliphatic carbocycles. The van der Waals surface area contributed by atoms with Crippen LogP contribution in [0.1, 0.15) is 67.0 Å². The topological polar surface area (TPSA) is 82.4 Å². The summed E-state index contributed by atoms with van der Waals surface area (Å²) >= 11 is 0. The van der Waals surface area contributed by atoms with Crippen LogP contribution in [0.2, 0.25) is 0 Å². The Kier molecular flexibility index (Phi) is 5.32. The Morgan fingerprint density at radius 3 is 2.68 bits per heavy atom. The van der Waals surface area contributed by atoms with Gasteiger partial charge < -0.3 is 18.9 Å². The molecule has 1 amide bonds. The number of likely N-dealkylation sites (tertiary alicyclic amines) is 1. The van der Waals surface area contributed by atoms with E-state index < -0.39 is 0 Å². The van der Waals surface area contributed by atoms with Gasteiger partial charge in [-0.2, -0.15) is 4.98 Å². The molecule has 3 aliphatic rings. The number of aromatic nitrogens is 4. The summed E-state index contributed by atoms with van der Waals surface area (Å²) in [6.45, 7) is 2.42. The highest BCUT2D eigenvalue weighted by Crippen LogP contribution is 2.52. The molecule has 1 saturated heterocycles. The molecule has 0 N–H and O–H groups in total. The number of rotatable bonds is 6. The van der Waals surface area contributed by atoms with Crippen LogP contribution in [-0.4, -0.2) is 57.9 Å². The number of pyridine rings is 1. The van der Waals surface area contributed by atoms with Crippen molar-refractivity contribution in [3.05, 3.63) is 29.8 Å². The molecule has 31 heavy (non-hydrogen) atoms. The van der Waals surface area contributed by atoms with Crippen molar-refractivity contribution in [3.63, 3.8) is 0 Å². The summed E-state index contributed by atoms with van der Waals surface area (Å²) in [5.74, 6) is 2.74. The van der Waals surface area contributed by atoms with Crippen molar-refractivity contribution >= 4 is 5.91 Å². The number of amides is 1. The zero-order valence-corrected chi connectivity index (χ0v) is 18.4. The Morgan fingerprint density at radius 2 is 1.97 bits per heavy atom. The van der Waals surface area contributed by atoms with Gasteiger partial charge in [0, 0.05) is 31.6 Å². The van der Waals surface area contributed by atoms with Gasteiger partial charge in [0.2, 0.25) is 11.8 Å². The summed E-state index contributed by atoms with van der Waals surface area (Å²) < 4.78 is 12.9. The third-order valence-electron chi connectivity index (χ3n) is 7.36. The summed E-state index contributed by atoms with van der Waals surface area (Å²) in [6, 6.07) is 3.47. The van der Waals surface area contributed by atoms with E-state index in [9.17, 15) is 4.79 Å². The molecule has 8 nitrogen and oxygen atoms in total. The summed E-state index contributed by atoms with van der Waals surface area (Å²) in [4.78, 5) is 19.9. The molecule has 3 fully saturated rings. The molecule has 0 bridgehead atoms. The normalized spacial score (nSPS) is 22.6. The zero-order chi connectivity index (χ0) is 21.4. The number of ether oxygens (including phenoxy) is 2. The van der Waals surface area contributed by atoms with Crippen LogP contribution in [0.5, 0.6) is 11.8 Å². The fourth-order valence-corrected chi connectivity index (χ4v) is 5.52. The first-order valence-corrected chi connectivity index (χ1v) is 11.4. The maximum atomic E-state index is 13.6. The lowest BCUT2D eigenvalue weighted by Crippen LogP contribution is -2.34. The summed E-state index contributed by atoms with van der Waals surface area (Å²) in [6.07, 6.45) is 10.4. The predicted octanol–water partition coefficient (Wildman–Crippen LogP) is 3.29. The highest BCUT2D eigenvalue weighted by Gasteiger charge is 2.51. The van der Waals surface area contributed by atoms with E-state index in [1.165, 1.54) is 39.2 Å². The van der Waals surface area contributed by atoms with E-state index in [1.807, 2.05) is 11.2 Å². The molecule has 8 heteroatoms. The fourth-order valence-electron chi connectivity index (χ4n) is 5.52. The van der Waals surface area contributed by atoms with Crippen molar-refractivity contribution in [2.45, 2.75) is 57.4 Å². The van der Waals surface area contributed by atoms with E-state index in [2.05, 4.69) is 19.7 Å². The lowest BCUT2D eigenvalue weighted by molar-refractivity contribution is 0.0754. The minimum Gasteiger partial charge on any atom is -0.481 e. The van der Waals surface area contributed by atoms with E-state index in [4.69, 9.17) is 9.47 Å². The van der Waals surface area contributed by atoms with Crippen LogP contribution in [0.25, 0.3) is 0 Å². The third-order valence-corrected chi connectivity index (χ3v) is 7.36. The SMILES string of the molecule is COc1ccc(C(=O)N2CC(c3nncn3CC3CC3)C3(CCCCC3)C2)c(OC)n1. The van der Waals surface area contributed by atoms with Crippen LogP contribution in [0.15, 0.2) is 18.5 Å². The van der Waals surface area contributed by atoms with Crippen LogP contribution < -0.4 is 9.47 Å². The van der Waals surface area contributed by atoms with Crippen LogP contribution >= 0.6 is 0 Å². The third kappa shape index (κ3) is 3.77. The standard InChI is InChI=1S/C23H31N5O3/c1-30-19-9-8-17(21(25-19)31-2)22(29)27-13-18(23(14-27)10-4-3-5-11-23)20-26-24-15-28(20)12-16-6-7-16/h8-9,15-16,18H,3-7,10-14H2,1-2H3. The summed E-state index contributed by atoms with van der Waals surface area (Å²) in [7, 11) is 3.09. The Hall–Kier alpha value is -2.64. The van der Waals surface area contributed by atoms with E-state index in [-0.39, 0.29) is 17.2 Å². The lowest BCUT2D eigenvalue weighted by atomic mass is 9.67. The second-order valence-electron chi connectivity index (χ2n) is 9.36. The first-order chi connectivity index (χ1) is 15.1. The molecular formula is C23H31N5O3. The monoisotopic (exact) mass is 425 g/mol. The molecule has 5 rings (SSSR count). The fraction of sp³-hybridized carbons (Fsp3) is 0.652. The van der Waals surface area contributed by atoms with Crippen LogP contribution in [0.4, 0.5) is 0 Å². The zero-order valence-electron chi connectivity index (χ0n) is 18.4. The molecule has 1 unspecified atom stereocenters. The quantitative estimate of drug-likeness (QED) is 0.706. The summed E-state index contributed by atoms with van der Waals surface area (Å²) in [5, 5.41) is 8.84. The number of carbonyl (C=O) groups excluding carboxylic acids is 1. The van der Waals surface area contributed by atoms with E-state index in [0.717, 1.165) is 37.7 Å². The second kappa shape index (κ2) is 8.13. The highest BCUT2D eigenvalue weighted by molar-refractivity contribution is 5.96. The molecular weight excluding hydrogens is 394 g/mol. The molecule has 1 atom stereocenters. The number of nitrogens with zero attached hydrogens (tertiary/aromatic N) is 5. The van der Waals surface area contributed by atoms with Gasteiger partial charge in [0.1, 0.15) is 17.7 Å². The minimum absolute atomic E-state index is 0.0345. The van der Waals surface area contributed by atoms with Gasteiger partial charge in [0.05, 0.1) is 14.2 Å². The van der Waals surface area contributed by atoms with E-state index in [1.54, 1.807) is 19.2 Å². The molecule has 1 aliphatic heterocycles. The average Bonchev–Trinajstić information content (AvgIpc) is 3.39. The molecule has 1 spiro atoms. The molecule has 3 heterocycles. The van der Waals surface area contributed by atoms with Gasteiger partial charge >= 0.3 is 0 Å². The Labute approximate surface area is 183 Å². The Balaban J connectivity index is 1.45. The van der Waals surface area contributed by atoms with Crippen molar-refractivity contribution < 1.29 is 14.3 Å². The van der Waals surface area contributed by atoms with Gasteiger partial charge in [-0.05, 0) is 43.1 Å². The Bertz CT molecular complexity index is 948. The van der Waals surface area contributed by atoms with Gasteiger partial charge in [-0.1, -0.05) is 19.3 Å². The maximum Gasteiger partial charge on any atom is 0.259 e. The molecule has 0 aromatic carbocycles. The van der Waals surface area contributed by atoms with Crippen molar-refractivity contribution in [3.8, 4) is 11.8 Å².